The molecule has 0 aliphatic heterocycles. The van der Waals surface area contributed by atoms with Gasteiger partial charge in [-0.25, -0.2) is 4.79 Å². The molecule has 4 nitrogen and oxygen atoms in total. The lowest BCUT2D eigenvalue weighted by Gasteiger charge is -2.25. The van der Waals surface area contributed by atoms with E-state index >= 15 is 0 Å². The summed E-state index contributed by atoms with van der Waals surface area (Å²) in [6.07, 6.45) is -0.674. The SMILES string of the molecule is NCCN(CC(F)(F)F)C(=O)NC1CCCC1. The molecule has 0 aromatic rings. The van der Waals surface area contributed by atoms with Crippen molar-refractivity contribution < 1.29 is 18.0 Å². The molecule has 0 heterocycles. The van der Waals surface area contributed by atoms with Crippen LogP contribution in [0.4, 0.5) is 18.0 Å². The number of hydrogen-bond acceptors (Lipinski definition) is 2. The molecule has 17 heavy (non-hydrogen) atoms. The average molecular weight is 253 g/mol. The molecule has 1 rings (SSSR count). The molecule has 0 bridgehead atoms. The Morgan fingerprint density at radius 1 is 1.35 bits per heavy atom. The third-order valence-corrected chi connectivity index (χ3v) is 2.74. The molecule has 0 unspecified atom stereocenters. The Kier molecular flexibility index (Phi) is 5.04. The van der Waals surface area contributed by atoms with E-state index in [4.69, 9.17) is 5.73 Å². The molecule has 3 N–H and O–H groups in total. The van der Waals surface area contributed by atoms with E-state index in [0.717, 1.165) is 30.6 Å². The number of carbonyl (C=O) groups is 1. The lowest BCUT2D eigenvalue weighted by molar-refractivity contribution is -0.139. The maximum atomic E-state index is 12.2. The van der Waals surface area contributed by atoms with Crippen LogP contribution in [0.1, 0.15) is 25.7 Å². The van der Waals surface area contributed by atoms with Crippen molar-refractivity contribution in [2.45, 2.75) is 37.9 Å². The standard InChI is InChI=1S/C10H18F3N3O/c11-10(12,13)7-16(6-5-14)9(17)15-8-3-1-2-4-8/h8H,1-7,14H2,(H,15,17). The van der Waals surface area contributed by atoms with Crippen molar-refractivity contribution >= 4 is 6.03 Å². The second-order valence-electron chi connectivity index (χ2n) is 4.26. The number of carbonyl (C=O) groups excluding carboxylic acids is 1. The Labute approximate surface area is 98.3 Å². The van der Waals surface area contributed by atoms with Gasteiger partial charge in [-0.3, -0.25) is 0 Å². The van der Waals surface area contributed by atoms with Gasteiger partial charge in [0.2, 0.25) is 0 Å². The van der Waals surface area contributed by atoms with Gasteiger partial charge < -0.3 is 16.0 Å². The fourth-order valence-electron chi connectivity index (χ4n) is 1.96. The van der Waals surface area contributed by atoms with Gasteiger partial charge in [0.05, 0.1) is 0 Å². The van der Waals surface area contributed by atoms with Crippen molar-refractivity contribution in [2.75, 3.05) is 19.6 Å². The van der Waals surface area contributed by atoms with Crippen molar-refractivity contribution in [3.8, 4) is 0 Å². The monoisotopic (exact) mass is 253 g/mol. The summed E-state index contributed by atoms with van der Waals surface area (Å²) in [7, 11) is 0. The lowest BCUT2D eigenvalue weighted by atomic mass is 10.2. The van der Waals surface area contributed by atoms with Crippen molar-refractivity contribution in [3.63, 3.8) is 0 Å². The van der Waals surface area contributed by atoms with Crippen molar-refractivity contribution in [1.82, 2.24) is 10.2 Å². The predicted molar refractivity (Wildman–Crippen MR) is 57.5 cm³/mol. The molecule has 1 fully saturated rings. The molecule has 0 aromatic carbocycles. The van der Waals surface area contributed by atoms with Gasteiger partial charge in [-0.15, -0.1) is 0 Å². The largest absolute Gasteiger partial charge is 0.406 e. The van der Waals surface area contributed by atoms with E-state index in [0.29, 0.717) is 0 Å². The highest BCUT2D eigenvalue weighted by Gasteiger charge is 2.33. The van der Waals surface area contributed by atoms with Gasteiger partial charge in [-0.1, -0.05) is 12.8 Å². The molecule has 0 radical (unpaired) electrons. The van der Waals surface area contributed by atoms with E-state index in [1.807, 2.05) is 0 Å². The molecule has 0 aromatic heterocycles. The quantitative estimate of drug-likeness (QED) is 0.797. The highest BCUT2D eigenvalue weighted by atomic mass is 19.4. The normalized spacial score (nSPS) is 17.2. The Balaban J connectivity index is 2.47. The summed E-state index contributed by atoms with van der Waals surface area (Å²) in [5.41, 5.74) is 5.21. The predicted octanol–water partition coefficient (Wildman–Crippen LogP) is 1.46. The number of urea groups is 1. The van der Waals surface area contributed by atoms with Crippen molar-refractivity contribution in [2.24, 2.45) is 5.73 Å². The van der Waals surface area contributed by atoms with Crippen LogP contribution in [0.15, 0.2) is 0 Å². The van der Waals surface area contributed by atoms with Crippen LogP contribution < -0.4 is 11.1 Å². The number of amides is 2. The van der Waals surface area contributed by atoms with Gasteiger partial charge in [0.15, 0.2) is 0 Å². The molecular weight excluding hydrogens is 235 g/mol. The van der Waals surface area contributed by atoms with Gasteiger partial charge in [0.25, 0.3) is 0 Å². The fourth-order valence-corrected chi connectivity index (χ4v) is 1.96. The molecule has 2 amide bonds. The summed E-state index contributed by atoms with van der Waals surface area (Å²) in [4.78, 5) is 12.3. The van der Waals surface area contributed by atoms with E-state index in [-0.39, 0.29) is 19.1 Å². The minimum atomic E-state index is -4.39. The molecule has 0 atom stereocenters. The molecular formula is C10H18F3N3O. The van der Waals surface area contributed by atoms with E-state index in [1.165, 1.54) is 0 Å². The van der Waals surface area contributed by atoms with Crippen LogP contribution in [0.3, 0.4) is 0 Å². The lowest BCUT2D eigenvalue weighted by Crippen LogP contribution is -2.49. The number of alkyl halides is 3. The van der Waals surface area contributed by atoms with E-state index in [1.54, 1.807) is 0 Å². The van der Waals surface area contributed by atoms with Crippen molar-refractivity contribution in [1.29, 1.82) is 0 Å². The van der Waals surface area contributed by atoms with E-state index < -0.39 is 18.8 Å². The maximum Gasteiger partial charge on any atom is 0.406 e. The smallest absolute Gasteiger partial charge is 0.335 e. The number of nitrogens with one attached hydrogen (secondary N) is 1. The van der Waals surface area contributed by atoms with Crippen LogP contribution in [-0.4, -0.2) is 42.8 Å². The summed E-state index contributed by atoms with van der Waals surface area (Å²) >= 11 is 0. The van der Waals surface area contributed by atoms with Gasteiger partial charge in [0.1, 0.15) is 6.54 Å². The highest BCUT2D eigenvalue weighted by Crippen LogP contribution is 2.19. The number of rotatable bonds is 4. The van der Waals surface area contributed by atoms with Gasteiger partial charge in [-0.2, -0.15) is 13.2 Å². The van der Waals surface area contributed by atoms with Gasteiger partial charge >= 0.3 is 12.2 Å². The summed E-state index contributed by atoms with van der Waals surface area (Å²) < 4.78 is 36.7. The Hall–Kier alpha value is -0.980. The minimum Gasteiger partial charge on any atom is -0.335 e. The van der Waals surface area contributed by atoms with Gasteiger partial charge in [-0.05, 0) is 12.8 Å². The first-order valence-electron chi connectivity index (χ1n) is 5.74. The summed E-state index contributed by atoms with van der Waals surface area (Å²) in [5.74, 6) is 0. The van der Waals surface area contributed by atoms with Crippen LogP contribution in [-0.2, 0) is 0 Å². The topological polar surface area (TPSA) is 58.4 Å². The highest BCUT2D eigenvalue weighted by molar-refractivity contribution is 5.74. The maximum absolute atomic E-state index is 12.2. The van der Waals surface area contributed by atoms with E-state index in [9.17, 15) is 18.0 Å². The third-order valence-electron chi connectivity index (χ3n) is 2.74. The number of nitrogens with zero attached hydrogens (tertiary/aromatic N) is 1. The second kappa shape index (κ2) is 6.09. The zero-order chi connectivity index (χ0) is 12.9. The second-order valence-corrected chi connectivity index (χ2v) is 4.26. The van der Waals surface area contributed by atoms with Crippen LogP contribution in [0.5, 0.6) is 0 Å². The molecule has 1 aliphatic rings. The summed E-state index contributed by atoms with van der Waals surface area (Å²) in [5, 5.41) is 2.62. The van der Waals surface area contributed by atoms with E-state index in [2.05, 4.69) is 5.32 Å². The Morgan fingerprint density at radius 3 is 2.41 bits per heavy atom. The zero-order valence-corrected chi connectivity index (χ0v) is 9.59. The summed E-state index contributed by atoms with van der Waals surface area (Å²) in [6.45, 7) is -1.31. The van der Waals surface area contributed by atoms with Gasteiger partial charge in [0, 0.05) is 19.1 Å². The first-order chi connectivity index (χ1) is 7.92. The first kappa shape index (κ1) is 14.1. The zero-order valence-electron chi connectivity index (χ0n) is 9.59. The first-order valence-corrected chi connectivity index (χ1v) is 5.74. The summed E-state index contributed by atoms with van der Waals surface area (Å²) in [6, 6.07) is -0.657. The fraction of sp³-hybridized carbons (Fsp3) is 0.900. The molecule has 0 spiro atoms. The average Bonchev–Trinajstić information content (AvgIpc) is 2.67. The third kappa shape index (κ3) is 5.25. The van der Waals surface area contributed by atoms with Crippen molar-refractivity contribution in [3.05, 3.63) is 0 Å². The molecule has 0 saturated heterocycles. The van der Waals surface area contributed by atoms with Crippen LogP contribution in [0.2, 0.25) is 0 Å². The minimum absolute atomic E-state index is 0.0102. The van der Waals surface area contributed by atoms with Crippen LogP contribution >= 0.6 is 0 Å². The Morgan fingerprint density at radius 2 is 1.94 bits per heavy atom. The molecule has 1 saturated carbocycles. The number of halogens is 3. The molecule has 1 aliphatic carbocycles. The van der Waals surface area contributed by atoms with Crippen LogP contribution in [0, 0.1) is 0 Å². The molecule has 7 heteroatoms. The van der Waals surface area contributed by atoms with Crippen LogP contribution in [0.25, 0.3) is 0 Å². The number of hydrogen-bond donors (Lipinski definition) is 2. The number of nitrogens with two attached hydrogens (primary N) is 1. The molecule has 100 valence electrons. The Bertz CT molecular complexity index is 252.